The summed E-state index contributed by atoms with van der Waals surface area (Å²) in [5.74, 6) is 3.24. The van der Waals surface area contributed by atoms with E-state index in [1.165, 1.54) is 49.3 Å². The lowest BCUT2D eigenvalue weighted by atomic mass is 10.0. The number of hydrogen-bond donors (Lipinski definition) is 0. The molecule has 4 heteroatoms. The Morgan fingerprint density at radius 2 is 0.575 bits per heavy atom. The Balaban J connectivity index is 2.42. The molecule has 0 atom stereocenters. The summed E-state index contributed by atoms with van der Waals surface area (Å²) >= 11 is 0. The first-order valence-corrected chi connectivity index (χ1v) is 16.9. The van der Waals surface area contributed by atoms with Gasteiger partial charge in [0.05, 0.1) is 19.8 Å². The van der Waals surface area contributed by atoms with Crippen LogP contribution in [0.25, 0.3) is 0 Å². The maximum Gasteiger partial charge on any atom is 0.125 e. The van der Waals surface area contributed by atoms with Crippen LogP contribution in [0.5, 0.6) is 17.2 Å². The zero-order valence-corrected chi connectivity index (χ0v) is 27.4. The topological polar surface area (TPSA) is 27.7 Å². The first-order chi connectivity index (χ1) is 19.4. The molecule has 0 bridgehead atoms. The molecule has 40 heavy (non-hydrogen) atoms. The molecule has 0 saturated heterocycles. The van der Waals surface area contributed by atoms with Crippen LogP contribution in [0, 0.1) is 0 Å². The van der Waals surface area contributed by atoms with Crippen LogP contribution >= 0.6 is 7.92 Å². The molecule has 0 unspecified atom stereocenters. The van der Waals surface area contributed by atoms with E-state index in [0.29, 0.717) is 19.8 Å². The van der Waals surface area contributed by atoms with Crippen molar-refractivity contribution in [2.75, 3.05) is 19.8 Å². The molecule has 0 aliphatic rings. The van der Waals surface area contributed by atoms with Gasteiger partial charge in [-0.15, -0.1) is 0 Å². The molecule has 0 N–H and O–H groups in total. The fourth-order valence-electron chi connectivity index (χ4n) is 5.61. The van der Waals surface area contributed by atoms with Gasteiger partial charge in [0.2, 0.25) is 0 Å². The zero-order valence-electron chi connectivity index (χ0n) is 26.5. The lowest BCUT2D eigenvalue weighted by molar-refractivity contribution is 0.333. The minimum atomic E-state index is -0.809. The summed E-state index contributed by atoms with van der Waals surface area (Å²) in [4.78, 5) is 0. The Hall–Kier alpha value is -2.51. The van der Waals surface area contributed by atoms with Gasteiger partial charge in [-0.05, 0) is 153 Å². The van der Waals surface area contributed by atoms with Gasteiger partial charge in [-0.3, -0.25) is 0 Å². The molecule has 218 valence electrons. The van der Waals surface area contributed by atoms with E-state index in [1.807, 2.05) is 0 Å². The highest BCUT2D eigenvalue weighted by atomic mass is 31.1. The summed E-state index contributed by atoms with van der Waals surface area (Å²) in [5.41, 5.74) is 7.82. The molecular weight excluding hydrogens is 511 g/mol. The number of aryl methyl sites for hydroxylation is 6. The zero-order chi connectivity index (χ0) is 29.2. The quantitative estimate of drug-likeness (QED) is 0.176. The van der Waals surface area contributed by atoms with E-state index < -0.39 is 7.92 Å². The van der Waals surface area contributed by atoms with Gasteiger partial charge >= 0.3 is 0 Å². The van der Waals surface area contributed by atoms with Crippen LogP contribution in [-0.4, -0.2) is 19.8 Å². The maximum absolute atomic E-state index is 6.20. The van der Waals surface area contributed by atoms with Crippen molar-refractivity contribution >= 4 is 23.8 Å². The van der Waals surface area contributed by atoms with Crippen LogP contribution in [0.1, 0.15) is 95.7 Å². The number of ether oxygens (including phenoxy) is 3. The number of rotatable bonds is 15. The van der Waals surface area contributed by atoms with Gasteiger partial charge in [-0.1, -0.05) is 41.5 Å². The van der Waals surface area contributed by atoms with Crippen LogP contribution in [-0.2, 0) is 38.5 Å². The van der Waals surface area contributed by atoms with Gasteiger partial charge in [-0.2, -0.15) is 0 Å². The van der Waals surface area contributed by atoms with Crippen LogP contribution < -0.4 is 30.1 Å². The summed E-state index contributed by atoms with van der Waals surface area (Å²) in [6.45, 7) is 21.7. The van der Waals surface area contributed by atoms with E-state index >= 15 is 0 Å². The molecule has 0 saturated carbocycles. The minimum Gasteiger partial charge on any atom is -0.493 e. The van der Waals surface area contributed by atoms with Crippen molar-refractivity contribution < 1.29 is 14.2 Å². The minimum absolute atomic E-state index is 0.686. The molecule has 0 aromatic heterocycles. The van der Waals surface area contributed by atoms with Crippen LogP contribution in [0.3, 0.4) is 0 Å². The average molecular weight is 563 g/mol. The molecule has 0 amide bonds. The number of benzene rings is 3. The van der Waals surface area contributed by atoms with Gasteiger partial charge < -0.3 is 14.2 Å². The lowest BCUT2D eigenvalue weighted by Gasteiger charge is -2.27. The fourth-order valence-corrected chi connectivity index (χ4v) is 8.21. The molecule has 0 spiro atoms. The third-order valence-electron chi connectivity index (χ3n) is 7.61. The summed E-state index contributed by atoms with van der Waals surface area (Å²) < 4.78 is 18.6. The Labute approximate surface area is 245 Å². The van der Waals surface area contributed by atoms with Crippen molar-refractivity contribution in [3.8, 4) is 17.2 Å². The standard InChI is InChI=1S/C36H51O3P/c1-10-25-19-31(20-26(11-2)34(25)37-16-7)40(32-21-27(12-3)35(38-17-8)28(13-4)22-32)33-23-29(14-5)36(39-18-9)30(15-6)24-33/h19-24H,10-18H2,1-9H3. The molecule has 3 nitrogen and oxygen atoms in total. The van der Waals surface area contributed by atoms with Crippen molar-refractivity contribution in [2.45, 2.75) is 101 Å². The van der Waals surface area contributed by atoms with E-state index in [9.17, 15) is 0 Å². The van der Waals surface area contributed by atoms with Crippen LogP contribution in [0.2, 0.25) is 0 Å². The predicted octanol–water partition coefficient (Wildman–Crippen LogP) is 8.02. The van der Waals surface area contributed by atoms with Crippen molar-refractivity contribution in [1.29, 1.82) is 0 Å². The van der Waals surface area contributed by atoms with Crippen LogP contribution in [0.15, 0.2) is 36.4 Å². The normalized spacial score (nSPS) is 11.2. The second kappa shape index (κ2) is 15.5. The SMILES string of the molecule is CCOc1c(CC)cc(P(c2cc(CC)c(OCC)c(CC)c2)c2cc(CC)c(OCC)c(CC)c2)cc1CC. The molecule has 0 radical (unpaired) electrons. The van der Waals surface area contributed by atoms with Gasteiger partial charge in [0, 0.05) is 0 Å². The Kier molecular flexibility index (Phi) is 12.4. The van der Waals surface area contributed by atoms with Crippen molar-refractivity contribution in [2.24, 2.45) is 0 Å². The molecule has 3 aromatic carbocycles. The van der Waals surface area contributed by atoms with Crippen molar-refractivity contribution in [1.82, 2.24) is 0 Å². The molecule has 0 fully saturated rings. The third kappa shape index (κ3) is 6.85. The second-order valence-electron chi connectivity index (χ2n) is 10.0. The monoisotopic (exact) mass is 562 g/mol. The van der Waals surface area contributed by atoms with Gasteiger partial charge in [-0.25, -0.2) is 0 Å². The van der Waals surface area contributed by atoms with E-state index in [4.69, 9.17) is 14.2 Å². The van der Waals surface area contributed by atoms with E-state index in [2.05, 4.69) is 98.7 Å². The lowest BCUT2D eigenvalue weighted by Crippen LogP contribution is -2.24. The number of hydrogen-bond acceptors (Lipinski definition) is 3. The first-order valence-electron chi connectivity index (χ1n) is 15.6. The predicted molar refractivity (Wildman–Crippen MR) is 175 cm³/mol. The molecule has 0 heterocycles. The Morgan fingerprint density at radius 3 is 0.725 bits per heavy atom. The van der Waals surface area contributed by atoms with E-state index in [1.54, 1.807) is 0 Å². The van der Waals surface area contributed by atoms with E-state index in [0.717, 1.165) is 55.8 Å². The van der Waals surface area contributed by atoms with Crippen LogP contribution in [0.4, 0.5) is 0 Å². The molecule has 3 rings (SSSR count). The molecule has 0 aliphatic carbocycles. The van der Waals surface area contributed by atoms with Gasteiger partial charge in [0.1, 0.15) is 17.2 Å². The highest BCUT2D eigenvalue weighted by Crippen LogP contribution is 2.41. The molecular formula is C36H51O3P. The summed E-state index contributed by atoms with van der Waals surface area (Å²) in [7, 11) is -0.809. The molecule has 3 aromatic rings. The summed E-state index contributed by atoms with van der Waals surface area (Å²) in [6.07, 6.45) is 5.71. The second-order valence-corrected chi connectivity index (χ2v) is 12.3. The van der Waals surface area contributed by atoms with Crippen molar-refractivity contribution in [3.05, 3.63) is 69.8 Å². The fraction of sp³-hybridized carbons (Fsp3) is 0.500. The highest BCUT2D eigenvalue weighted by molar-refractivity contribution is 7.79. The highest BCUT2D eigenvalue weighted by Gasteiger charge is 2.25. The smallest absolute Gasteiger partial charge is 0.125 e. The first kappa shape index (κ1) is 32.0. The summed E-state index contributed by atoms with van der Waals surface area (Å²) in [5, 5.41) is 4.19. The third-order valence-corrected chi connectivity index (χ3v) is 9.93. The summed E-state index contributed by atoms with van der Waals surface area (Å²) in [6, 6.07) is 14.6. The Morgan fingerprint density at radius 1 is 0.375 bits per heavy atom. The largest absolute Gasteiger partial charge is 0.493 e. The van der Waals surface area contributed by atoms with Gasteiger partial charge in [0.15, 0.2) is 0 Å². The van der Waals surface area contributed by atoms with Crippen molar-refractivity contribution in [3.63, 3.8) is 0 Å². The average Bonchev–Trinajstić information content (AvgIpc) is 2.98. The van der Waals surface area contributed by atoms with E-state index in [-0.39, 0.29) is 0 Å². The van der Waals surface area contributed by atoms with Gasteiger partial charge in [0.25, 0.3) is 0 Å². The Bertz CT molecular complexity index is 1030. The maximum atomic E-state index is 6.20. The molecule has 0 aliphatic heterocycles.